The topological polar surface area (TPSA) is 142 Å². The van der Waals surface area contributed by atoms with Crippen molar-refractivity contribution in [3.05, 3.63) is 32.9 Å². The summed E-state index contributed by atoms with van der Waals surface area (Å²) in [6, 6.07) is 0. The van der Waals surface area contributed by atoms with Gasteiger partial charge in [-0.05, 0) is 6.42 Å². The first-order valence-electron chi connectivity index (χ1n) is 6.06. The average Bonchev–Trinajstić information content (AvgIpc) is 2.72. The zero-order valence-electron chi connectivity index (χ0n) is 10.7. The van der Waals surface area contributed by atoms with Gasteiger partial charge in [0.05, 0.1) is 24.6 Å². The van der Waals surface area contributed by atoms with E-state index in [1.165, 1.54) is 0 Å². The Morgan fingerprint density at radius 1 is 1.48 bits per heavy atom. The van der Waals surface area contributed by atoms with Gasteiger partial charge in [-0.2, -0.15) is 4.39 Å². The van der Waals surface area contributed by atoms with E-state index in [9.17, 15) is 23.7 Å². The largest absolute Gasteiger partial charge is 0.390 e. The Hall–Kier alpha value is -1.32. The van der Waals surface area contributed by atoms with Gasteiger partial charge in [0.15, 0.2) is 0 Å². The van der Waals surface area contributed by atoms with Gasteiger partial charge in [0.2, 0.25) is 5.82 Å². The number of hydrogen-bond donors (Lipinski definition) is 4. The van der Waals surface area contributed by atoms with Crippen LogP contribution >= 0.6 is 7.60 Å². The van der Waals surface area contributed by atoms with Gasteiger partial charge in [-0.3, -0.25) is 18.9 Å². The highest BCUT2D eigenvalue weighted by atomic mass is 31.2. The fourth-order valence-corrected chi connectivity index (χ4v) is 2.71. The molecule has 4 N–H and O–H groups in total. The second kappa shape index (κ2) is 5.82. The molecule has 1 aromatic rings. The lowest BCUT2D eigenvalue weighted by Gasteiger charge is -2.16. The van der Waals surface area contributed by atoms with Crippen LogP contribution in [0, 0.1) is 5.82 Å². The molecule has 1 fully saturated rings. The van der Waals surface area contributed by atoms with Crippen molar-refractivity contribution in [3.63, 3.8) is 0 Å². The Bertz CT molecular complexity index is 681. The maximum absolute atomic E-state index is 13.2. The number of aliphatic hydroxyl groups is 1. The maximum Gasteiger partial charge on any atom is 0.330 e. The third-order valence-corrected chi connectivity index (χ3v) is 3.98. The lowest BCUT2D eigenvalue weighted by atomic mass is 10.1. The van der Waals surface area contributed by atoms with Crippen molar-refractivity contribution in [2.45, 2.75) is 31.3 Å². The molecule has 0 spiro atoms. The van der Waals surface area contributed by atoms with Gasteiger partial charge in [-0.1, -0.05) is 0 Å². The van der Waals surface area contributed by atoms with E-state index in [1.54, 1.807) is 4.98 Å². The monoisotopic (exact) mass is 324 g/mol. The molecule has 2 rings (SSSR count). The number of aromatic nitrogens is 2. The van der Waals surface area contributed by atoms with Gasteiger partial charge in [0, 0.05) is 6.42 Å². The van der Waals surface area contributed by atoms with E-state index in [1.807, 2.05) is 0 Å². The summed E-state index contributed by atoms with van der Waals surface area (Å²) in [5.41, 5.74) is -2.05. The molecule has 3 atom stereocenters. The first-order chi connectivity index (χ1) is 9.67. The Morgan fingerprint density at radius 2 is 2.14 bits per heavy atom. The van der Waals surface area contributed by atoms with Crippen molar-refractivity contribution in [2.75, 3.05) is 6.16 Å². The summed E-state index contributed by atoms with van der Waals surface area (Å²) in [6.45, 7) is 0. The van der Waals surface area contributed by atoms with Gasteiger partial charge in [0.25, 0.3) is 5.56 Å². The van der Waals surface area contributed by atoms with Crippen LogP contribution in [0.4, 0.5) is 4.39 Å². The Kier molecular flexibility index (Phi) is 4.45. The normalized spacial score (nSPS) is 26.2. The summed E-state index contributed by atoms with van der Waals surface area (Å²) in [7, 11) is -4.23. The molecule has 1 aliphatic rings. The van der Waals surface area contributed by atoms with Crippen molar-refractivity contribution in [2.24, 2.45) is 0 Å². The van der Waals surface area contributed by atoms with Crippen LogP contribution in [0.2, 0.25) is 0 Å². The van der Waals surface area contributed by atoms with Crippen LogP contribution in [0.15, 0.2) is 15.8 Å². The van der Waals surface area contributed by atoms with Gasteiger partial charge in [-0.25, -0.2) is 4.79 Å². The van der Waals surface area contributed by atoms with Crippen LogP contribution < -0.4 is 11.2 Å². The SMILES string of the molecule is O=c1[nH]c(=O)n([C@H]2C[C@H](O)[C@@H](CCP(=O)(O)O)O2)cc1F. The molecule has 2 heterocycles. The molecule has 9 nitrogen and oxygen atoms in total. The van der Waals surface area contributed by atoms with E-state index in [-0.39, 0.29) is 12.8 Å². The van der Waals surface area contributed by atoms with Crippen LogP contribution in [0.5, 0.6) is 0 Å². The van der Waals surface area contributed by atoms with Crippen molar-refractivity contribution in [1.82, 2.24) is 9.55 Å². The van der Waals surface area contributed by atoms with E-state index in [4.69, 9.17) is 14.5 Å². The fraction of sp³-hybridized carbons (Fsp3) is 0.600. The van der Waals surface area contributed by atoms with E-state index in [0.717, 1.165) is 4.57 Å². The van der Waals surface area contributed by atoms with Crippen molar-refractivity contribution < 1.29 is 28.6 Å². The minimum absolute atomic E-state index is 0.0583. The summed E-state index contributed by atoms with van der Waals surface area (Å²) in [4.78, 5) is 41.8. The molecule has 118 valence electrons. The van der Waals surface area contributed by atoms with Crippen molar-refractivity contribution in [1.29, 1.82) is 0 Å². The molecular weight excluding hydrogens is 310 g/mol. The van der Waals surface area contributed by atoms with Crippen LogP contribution in [0.3, 0.4) is 0 Å². The number of halogens is 1. The maximum atomic E-state index is 13.2. The molecule has 11 heteroatoms. The van der Waals surface area contributed by atoms with Gasteiger partial charge in [-0.15, -0.1) is 0 Å². The number of nitrogens with one attached hydrogen (secondary N) is 1. The predicted octanol–water partition coefficient (Wildman–Crippen LogP) is -1.11. The molecule has 0 amide bonds. The minimum Gasteiger partial charge on any atom is -0.390 e. The van der Waals surface area contributed by atoms with Crippen LogP contribution in [-0.2, 0) is 9.30 Å². The predicted molar refractivity (Wildman–Crippen MR) is 67.3 cm³/mol. The lowest BCUT2D eigenvalue weighted by Crippen LogP contribution is -2.33. The highest BCUT2D eigenvalue weighted by Crippen LogP contribution is 2.38. The smallest absolute Gasteiger partial charge is 0.330 e. The number of ether oxygens (including phenoxy) is 1. The number of aromatic amines is 1. The minimum atomic E-state index is -4.23. The molecule has 1 saturated heterocycles. The molecule has 1 aromatic heterocycles. The van der Waals surface area contributed by atoms with Crippen LogP contribution in [0.25, 0.3) is 0 Å². The van der Waals surface area contributed by atoms with E-state index < -0.39 is 49.3 Å². The van der Waals surface area contributed by atoms with E-state index in [0.29, 0.717) is 6.20 Å². The quantitative estimate of drug-likeness (QED) is 0.515. The summed E-state index contributed by atoms with van der Waals surface area (Å²) in [5, 5.41) is 9.77. The zero-order valence-corrected chi connectivity index (χ0v) is 11.6. The fourth-order valence-electron chi connectivity index (χ4n) is 2.12. The molecule has 0 saturated carbocycles. The standard InChI is InChI=1S/C10H14FN2O7P/c11-5-4-13(10(16)12-9(5)15)8-3-6(14)7(20-8)1-2-21(17,18)19/h4,6-8,14H,1-3H2,(H,12,15,16)(H2,17,18,19)/t6-,7+,8+/m0/s1. The van der Waals surface area contributed by atoms with E-state index >= 15 is 0 Å². The molecule has 0 aliphatic carbocycles. The third kappa shape index (κ3) is 3.86. The highest BCUT2D eigenvalue weighted by Gasteiger charge is 2.36. The second-order valence-corrected chi connectivity index (χ2v) is 6.53. The third-order valence-electron chi connectivity index (χ3n) is 3.14. The number of hydrogen-bond acceptors (Lipinski definition) is 5. The van der Waals surface area contributed by atoms with Crippen LogP contribution in [0.1, 0.15) is 19.1 Å². The van der Waals surface area contributed by atoms with Gasteiger partial charge < -0.3 is 19.6 Å². The van der Waals surface area contributed by atoms with E-state index in [2.05, 4.69) is 0 Å². The number of aliphatic hydroxyl groups excluding tert-OH is 1. The zero-order chi connectivity index (χ0) is 15.8. The Labute approximate surface area is 117 Å². The first-order valence-corrected chi connectivity index (χ1v) is 7.86. The second-order valence-electron chi connectivity index (χ2n) is 4.75. The molecule has 0 aromatic carbocycles. The van der Waals surface area contributed by atoms with Crippen molar-refractivity contribution >= 4 is 7.60 Å². The number of rotatable bonds is 4. The summed E-state index contributed by atoms with van der Waals surface area (Å²) < 4.78 is 30.1. The number of H-pyrrole nitrogens is 1. The molecule has 21 heavy (non-hydrogen) atoms. The summed E-state index contributed by atoms with van der Waals surface area (Å²) in [6.07, 6.45) is -2.92. The summed E-state index contributed by atoms with van der Waals surface area (Å²) >= 11 is 0. The molecule has 1 aliphatic heterocycles. The molecule has 0 radical (unpaired) electrons. The van der Waals surface area contributed by atoms with Gasteiger partial charge in [0.1, 0.15) is 6.23 Å². The first kappa shape index (κ1) is 16.1. The van der Waals surface area contributed by atoms with Crippen molar-refractivity contribution in [3.8, 4) is 0 Å². The summed E-state index contributed by atoms with van der Waals surface area (Å²) in [5.74, 6) is -1.17. The number of nitrogens with zero attached hydrogens (tertiary/aromatic N) is 1. The molecular formula is C10H14FN2O7P. The lowest BCUT2D eigenvalue weighted by molar-refractivity contribution is -0.0222. The Balaban J connectivity index is 2.14. The Morgan fingerprint density at radius 3 is 2.76 bits per heavy atom. The van der Waals surface area contributed by atoms with Gasteiger partial charge >= 0.3 is 13.3 Å². The molecule has 0 unspecified atom stereocenters. The van der Waals surface area contributed by atoms with Crippen LogP contribution in [-0.4, -0.2) is 42.8 Å². The highest BCUT2D eigenvalue weighted by molar-refractivity contribution is 7.51. The average molecular weight is 324 g/mol. The molecule has 0 bridgehead atoms.